The van der Waals surface area contributed by atoms with Gasteiger partial charge in [0.1, 0.15) is 6.61 Å². The van der Waals surface area contributed by atoms with E-state index in [-0.39, 0.29) is 5.97 Å². The molecule has 0 N–H and O–H groups in total. The van der Waals surface area contributed by atoms with Crippen LogP contribution in [0, 0.1) is 0 Å². The van der Waals surface area contributed by atoms with Gasteiger partial charge >= 0.3 is 5.97 Å². The molecule has 28 heavy (non-hydrogen) atoms. The first-order valence-electron chi connectivity index (χ1n) is 11.6. The third-order valence-electron chi connectivity index (χ3n) is 5.05. The molecule has 3 nitrogen and oxygen atoms in total. The third-order valence-corrected chi connectivity index (χ3v) is 5.05. The first kappa shape index (κ1) is 24.7. The zero-order chi connectivity index (χ0) is 20.1. The number of hydrogen-bond donors (Lipinski definition) is 0. The molecule has 0 atom stereocenters. The lowest BCUT2D eigenvalue weighted by molar-refractivity contribution is -0.145. The van der Waals surface area contributed by atoms with Gasteiger partial charge in [0.15, 0.2) is 0 Å². The predicted molar refractivity (Wildman–Crippen MR) is 117 cm³/mol. The lowest BCUT2D eigenvalue weighted by Crippen LogP contribution is -2.06. The molecule has 160 valence electrons. The van der Waals surface area contributed by atoms with Gasteiger partial charge in [-0.3, -0.25) is 4.79 Å². The van der Waals surface area contributed by atoms with Crippen LogP contribution in [0.25, 0.3) is 0 Å². The van der Waals surface area contributed by atoms with Crippen LogP contribution >= 0.6 is 0 Å². The highest BCUT2D eigenvalue weighted by Crippen LogP contribution is 2.12. The Balaban J connectivity index is 1.75. The minimum absolute atomic E-state index is 0.141. The summed E-state index contributed by atoms with van der Waals surface area (Å²) < 4.78 is 10.9. The van der Waals surface area contributed by atoms with E-state index in [0.29, 0.717) is 19.6 Å². The highest BCUT2D eigenvalue weighted by molar-refractivity contribution is 5.69. The SMILES string of the molecule is CCCCCCCCCCCCCCOCCCC(=O)OCc1ccccc1. The molecule has 0 amide bonds. The number of benzene rings is 1. The molecule has 0 saturated heterocycles. The van der Waals surface area contributed by atoms with Crippen molar-refractivity contribution < 1.29 is 14.3 Å². The van der Waals surface area contributed by atoms with E-state index in [1.807, 2.05) is 30.3 Å². The van der Waals surface area contributed by atoms with Gasteiger partial charge in [0, 0.05) is 19.6 Å². The minimum atomic E-state index is -0.141. The van der Waals surface area contributed by atoms with Crippen LogP contribution in [0.2, 0.25) is 0 Å². The van der Waals surface area contributed by atoms with Crippen molar-refractivity contribution in [3.63, 3.8) is 0 Å². The van der Waals surface area contributed by atoms with Crippen LogP contribution < -0.4 is 0 Å². The van der Waals surface area contributed by atoms with Gasteiger partial charge in [-0.15, -0.1) is 0 Å². The van der Waals surface area contributed by atoms with Gasteiger partial charge in [0.05, 0.1) is 0 Å². The molecular formula is C25H42O3. The monoisotopic (exact) mass is 390 g/mol. The van der Waals surface area contributed by atoms with Gasteiger partial charge in [0.25, 0.3) is 0 Å². The van der Waals surface area contributed by atoms with E-state index in [0.717, 1.165) is 25.0 Å². The summed E-state index contributed by atoms with van der Waals surface area (Å²) in [5.41, 5.74) is 1.03. The summed E-state index contributed by atoms with van der Waals surface area (Å²) in [7, 11) is 0. The molecule has 1 rings (SSSR count). The third kappa shape index (κ3) is 15.7. The number of ether oxygens (including phenoxy) is 2. The van der Waals surface area contributed by atoms with Gasteiger partial charge < -0.3 is 9.47 Å². The molecule has 0 saturated carbocycles. The predicted octanol–water partition coefficient (Wildman–Crippen LogP) is 7.23. The first-order valence-corrected chi connectivity index (χ1v) is 11.6. The van der Waals surface area contributed by atoms with E-state index in [2.05, 4.69) is 6.92 Å². The Labute approximate surface area is 173 Å². The van der Waals surface area contributed by atoms with Crippen LogP contribution in [0.1, 0.15) is 102 Å². The van der Waals surface area contributed by atoms with Gasteiger partial charge in [-0.2, -0.15) is 0 Å². The molecule has 0 aliphatic carbocycles. The fraction of sp³-hybridized carbons (Fsp3) is 0.720. The van der Waals surface area contributed by atoms with E-state index >= 15 is 0 Å². The lowest BCUT2D eigenvalue weighted by atomic mass is 10.1. The van der Waals surface area contributed by atoms with Crippen LogP contribution in [-0.4, -0.2) is 19.2 Å². The maximum absolute atomic E-state index is 11.7. The lowest BCUT2D eigenvalue weighted by Gasteiger charge is -2.06. The van der Waals surface area contributed by atoms with Crippen LogP contribution in [0.3, 0.4) is 0 Å². The summed E-state index contributed by atoms with van der Waals surface area (Å²) >= 11 is 0. The minimum Gasteiger partial charge on any atom is -0.461 e. The largest absolute Gasteiger partial charge is 0.461 e. The second-order valence-corrected chi connectivity index (χ2v) is 7.75. The molecule has 0 aliphatic rings. The molecule has 0 aliphatic heterocycles. The summed E-state index contributed by atoms with van der Waals surface area (Å²) in [5.74, 6) is -0.141. The Morgan fingerprint density at radius 1 is 0.714 bits per heavy atom. The summed E-state index contributed by atoms with van der Waals surface area (Å²) in [6.45, 7) is 4.10. The molecule has 1 aromatic carbocycles. The molecule has 0 radical (unpaired) electrons. The number of hydrogen-bond acceptors (Lipinski definition) is 3. The number of carbonyl (C=O) groups is 1. The molecule has 0 spiro atoms. The van der Waals surface area contributed by atoms with E-state index in [4.69, 9.17) is 9.47 Å². The second kappa shape index (κ2) is 19.0. The zero-order valence-corrected chi connectivity index (χ0v) is 18.1. The van der Waals surface area contributed by atoms with Crippen molar-refractivity contribution in [3.8, 4) is 0 Å². The average Bonchev–Trinajstić information content (AvgIpc) is 2.72. The van der Waals surface area contributed by atoms with Crippen molar-refractivity contribution in [1.82, 2.24) is 0 Å². The van der Waals surface area contributed by atoms with Crippen LogP contribution in [0.4, 0.5) is 0 Å². The molecule has 3 heteroatoms. The second-order valence-electron chi connectivity index (χ2n) is 7.75. The van der Waals surface area contributed by atoms with Crippen molar-refractivity contribution in [3.05, 3.63) is 35.9 Å². The van der Waals surface area contributed by atoms with Crippen molar-refractivity contribution in [2.24, 2.45) is 0 Å². The van der Waals surface area contributed by atoms with Crippen molar-refractivity contribution in [2.75, 3.05) is 13.2 Å². The van der Waals surface area contributed by atoms with Crippen molar-refractivity contribution in [2.45, 2.75) is 103 Å². The van der Waals surface area contributed by atoms with E-state index in [9.17, 15) is 4.79 Å². The topological polar surface area (TPSA) is 35.5 Å². The Kier molecular flexibility index (Phi) is 16.7. The summed E-state index contributed by atoms with van der Waals surface area (Å²) in [5, 5.41) is 0. The normalized spacial score (nSPS) is 10.9. The Hall–Kier alpha value is -1.35. The smallest absolute Gasteiger partial charge is 0.306 e. The van der Waals surface area contributed by atoms with Crippen molar-refractivity contribution >= 4 is 5.97 Å². The number of esters is 1. The summed E-state index contributed by atoms with van der Waals surface area (Å²) in [4.78, 5) is 11.7. The summed E-state index contributed by atoms with van der Waals surface area (Å²) in [6, 6.07) is 9.79. The molecule has 1 aromatic rings. The number of unbranched alkanes of at least 4 members (excludes halogenated alkanes) is 11. The summed E-state index contributed by atoms with van der Waals surface area (Å²) in [6.07, 6.45) is 17.5. The Morgan fingerprint density at radius 3 is 1.86 bits per heavy atom. The fourth-order valence-electron chi connectivity index (χ4n) is 3.28. The van der Waals surface area contributed by atoms with Crippen molar-refractivity contribution in [1.29, 1.82) is 0 Å². The maximum atomic E-state index is 11.7. The Bertz CT molecular complexity index is 458. The fourth-order valence-corrected chi connectivity index (χ4v) is 3.28. The van der Waals surface area contributed by atoms with Gasteiger partial charge in [-0.25, -0.2) is 0 Å². The Morgan fingerprint density at radius 2 is 1.25 bits per heavy atom. The molecule has 0 aromatic heterocycles. The zero-order valence-electron chi connectivity index (χ0n) is 18.1. The number of carbonyl (C=O) groups excluding carboxylic acids is 1. The van der Waals surface area contributed by atoms with E-state index in [1.54, 1.807) is 0 Å². The van der Waals surface area contributed by atoms with Gasteiger partial charge in [0.2, 0.25) is 0 Å². The van der Waals surface area contributed by atoms with Crippen LogP contribution in [0.15, 0.2) is 30.3 Å². The quantitative estimate of drug-likeness (QED) is 0.185. The van der Waals surface area contributed by atoms with Gasteiger partial charge in [-0.05, 0) is 18.4 Å². The molecule has 0 fully saturated rings. The highest BCUT2D eigenvalue weighted by Gasteiger charge is 2.03. The first-order chi connectivity index (χ1) is 13.8. The highest BCUT2D eigenvalue weighted by atomic mass is 16.5. The maximum Gasteiger partial charge on any atom is 0.306 e. The number of rotatable bonds is 19. The van der Waals surface area contributed by atoms with E-state index < -0.39 is 0 Å². The van der Waals surface area contributed by atoms with Gasteiger partial charge in [-0.1, -0.05) is 108 Å². The molecular weight excluding hydrogens is 348 g/mol. The van der Waals surface area contributed by atoms with Crippen LogP contribution in [-0.2, 0) is 20.9 Å². The van der Waals surface area contributed by atoms with E-state index in [1.165, 1.54) is 70.6 Å². The molecule has 0 unspecified atom stereocenters. The standard InChI is InChI=1S/C25H42O3/c1-2-3-4-5-6-7-8-9-10-11-12-16-21-27-22-17-20-25(26)28-23-24-18-14-13-15-19-24/h13-15,18-19H,2-12,16-17,20-23H2,1H3. The molecule has 0 heterocycles. The van der Waals surface area contributed by atoms with Crippen LogP contribution in [0.5, 0.6) is 0 Å². The molecule has 0 bridgehead atoms. The average molecular weight is 391 g/mol.